The SMILES string of the molecule is COc1ccc(F)cc1C(C)Oc1c(C(=O)OC(C)(C)C)ncc(B2OC(C)(C)C(C)(C)O2)c1C(=O)OC(C)(C)C.N. The van der Waals surface area contributed by atoms with Gasteiger partial charge in [0.15, 0.2) is 11.4 Å². The molecule has 2 aromatic rings. The van der Waals surface area contributed by atoms with Crippen LogP contribution in [0.25, 0.3) is 0 Å². The van der Waals surface area contributed by atoms with Gasteiger partial charge in [-0.05, 0) is 94.4 Å². The maximum absolute atomic E-state index is 14.3. The summed E-state index contributed by atoms with van der Waals surface area (Å²) in [5.41, 5.74) is -3.07. The van der Waals surface area contributed by atoms with Gasteiger partial charge in [0.2, 0.25) is 0 Å². The lowest BCUT2D eigenvalue weighted by atomic mass is 9.76. The quantitative estimate of drug-likeness (QED) is 0.314. The Kier molecular flexibility index (Phi) is 10.1. The molecule has 1 fully saturated rings. The van der Waals surface area contributed by atoms with Gasteiger partial charge in [0, 0.05) is 17.2 Å². The van der Waals surface area contributed by atoms with Crippen molar-refractivity contribution in [2.24, 2.45) is 0 Å². The summed E-state index contributed by atoms with van der Waals surface area (Å²) in [6, 6.07) is 3.98. The van der Waals surface area contributed by atoms with Crippen molar-refractivity contribution in [2.45, 2.75) is 105 Å². The molecule has 2 heterocycles. The lowest BCUT2D eigenvalue weighted by Gasteiger charge is -2.32. The molecule has 232 valence electrons. The van der Waals surface area contributed by atoms with E-state index >= 15 is 0 Å². The summed E-state index contributed by atoms with van der Waals surface area (Å²) in [5.74, 6) is -1.98. The van der Waals surface area contributed by atoms with Crippen molar-refractivity contribution in [3.05, 3.63) is 47.0 Å². The Hall–Kier alpha value is -3.22. The maximum Gasteiger partial charge on any atom is 0.497 e. The van der Waals surface area contributed by atoms with Crippen molar-refractivity contribution in [1.29, 1.82) is 0 Å². The first-order valence-corrected chi connectivity index (χ1v) is 13.5. The van der Waals surface area contributed by atoms with Crippen LogP contribution < -0.4 is 21.1 Å². The Morgan fingerprint density at radius 2 is 1.48 bits per heavy atom. The molecular formula is C30H44BFN2O8. The summed E-state index contributed by atoms with van der Waals surface area (Å²) in [6.45, 7) is 19.4. The first-order chi connectivity index (χ1) is 18.7. The average molecular weight is 590 g/mol. The Bertz CT molecular complexity index is 1300. The van der Waals surface area contributed by atoms with Gasteiger partial charge >= 0.3 is 19.1 Å². The fraction of sp³-hybridized carbons (Fsp3) is 0.567. The van der Waals surface area contributed by atoms with E-state index in [4.69, 9.17) is 28.3 Å². The molecule has 1 unspecified atom stereocenters. The van der Waals surface area contributed by atoms with Gasteiger partial charge in [0.1, 0.15) is 34.4 Å². The third-order valence-corrected chi connectivity index (χ3v) is 6.69. The van der Waals surface area contributed by atoms with Crippen molar-refractivity contribution in [3.8, 4) is 11.5 Å². The number of hydrogen-bond acceptors (Lipinski definition) is 10. The van der Waals surface area contributed by atoms with E-state index < -0.39 is 53.4 Å². The van der Waals surface area contributed by atoms with Crippen molar-refractivity contribution in [1.82, 2.24) is 11.1 Å². The van der Waals surface area contributed by atoms with Crippen LogP contribution in [0, 0.1) is 5.82 Å². The molecule has 42 heavy (non-hydrogen) atoms. The van der Waals surface area contributed by atoms with Crippen LogP contribution in [0.4, 0.5) is 4.39 Å². The van der Waals surface area contributed by atoms with Crippen molar-refractivity contribution < 1.29 is 42.2 Å². The second kappa shape index (κ2) is 12.2. The van der Waals surface area contributed by atoms with Gasteiger partial charge in [-0.2, -0.15) is 0 Å². The molecule has 0 spiro atoms. The van der Waals surface area contributed by atoms with Gasteiger partial charge < -0.3 is 34.4 Å². The number of carbonyl (C=O) groups is 2. The van der Waals surface area contributed by atoms with Gasteiger partial charge in [0.25, 0.3) is 0 Å². The third kappa shape index (κ3) is 7.79. The maximum atomic E-state index is 14.3. The number of carbonyl (C=O) groups excluding carboxylic acids is 2. The highest BCUT2D eigenvalue weighted by molar-refractivity contribution is 6.63. The van der Waals surface area contributed by atoms with E-state index in [0.29, 0.717) is 11.3 Å². The first-order valence-electron chi connectivity index (χ1n) is 13.5. The molecule has 10 nitrogen and oxygen atoms in total. The summed E-state index contributed by atoms with van der Waals surface area (Å²) in [5, 5.41) is 0. The molecule has 0 amide bonds. The molecule has 0 saturated carbocycles. The predicted molar refractivity (Wildman–Crippen MR) is 157 cm³/mol. The van der Waals surface area contributed by atoms with Gasteiger partial charge in [-0.25, -0.2) is 19.0 Å². The van der Waals surface area contributed by atoms with E-state index in [1.807, 2.05) is 27.7 Å². The minimum atomic E-state index is -1.04. The highest BCUT2D eigenvalue weighted by Gasteiger charge is 2.53. The van der Waals surface area contributed by atoms with Crippen LogP contribution in [0.5, 0.6) is 11.5 Å². The van der Waals surface area contributed by atoms with Crippen LogP contribution in [-0.4, -0.2) is 53.6 Å². The number of nitrogens with zero attached hydrogens (tertiary/aromatic N) is 1. The summed E-state index contributed by atoms with van der Waals surface area (Å²) >= 11 is 0. The zero-order chi connectivity index (χ0) is 31.1. The second-order valence-electron chi connectivity index (χ2n) is 13.0. The van der Waals surface area contributed by atoms with Gasteiger partial charge in [-0.15, -0.1) is 0 Å². The summed E-state index contributed by atoms with van der Waals surface area (Å²) in [7, 11) is 0.409. The van der Waals surface area contributed by atoms with Crippen LogP contribution >= 0.6 is 0 Å². The molecule has 1 saturated heterocycles. The highest BCUT2D eigenvalue weighted by Crippen LogP contribution is 2.39. The molecule has 0 bridgehead atoms. The lowest BCUT2D eigenvalue weighted by molar-refractivity contribution is 0.00550. The number of ether oxygens (including phenoxy) is 4. The van der Waals surface area contributed by atoms with Gasteiger partial charge in [-0.3, -0.25) is 0 Å². The van der Waals surface area contributed by atoms with Crippen molar-refractivity contribution in [2.75, 3.05) is 7.11 Å². The first kappa shape index (κ1) is 35.0. The largest absolute Gasteiger partial charge is 0.497 e. The molecule has 1 aliphatic heterocycles. The number of hydrogen-bond donors (Lipinski definition) is 1. The topological polar surface area (TPSA) is 137 Å². The number of aromatic nitrogens is 1. The standard InChI is InChI=1S/C30H41BFNO8.H3N/c1-17(19-15-18(32)13-14-21(19)36-12)37-24-22(25(34)38-27(2,3)4)20(31-40-29(8,9)30(10,11)41-31)16-33-23(24)26(35)39-28(5,6)7;/h13-17H,1-12H3;1H3. The van der Waals surface area contributed by atoms with E-state index in [-0.39, 0.29) is 28.6 Å². The van der Waals surface area contributed by atoms with Crippen LogP contribution in [0.15, 0.2) is 24.4 Å². The van der Waals surface area contributed by atoms with Crippen LogP contribution in [0.3, 0.4) is 0 Å². The zero-order valence-corrected chi connectivity index (χ0v) is 26.8. The summed E-state index contributed by atoms with van der Waals surface area (Å²) in [4.78, 5) is 31.6. The molecule has 0 aliphatic carbocycles. The number of pyridine rings is 1. The predicted octanol–water partition coefficient (Wildman–Crippen LogP) is 5.74. The number of methoxy groups -OCH3 is 1. The minimum Gasteiger partial charge on any atom is -0.496 e. The van der Waals surface area contributed by atoms with E-state index in [0.717, 1.165) is 0 Å². The van der Waals surface area contributed by atoms with E-state index in [1.165, 1.54) is 31.5 Å². The molecule has 1 aliphatic rings. The number of rotatable bonds is 7. The Morgan fingerprint density at radius 1 is 0.952 bits per heavy atom. The minimum absolute atomic E-state index is 0. The Balaban J connectivity index is 0.00000616. The lowest BCUT2D eigenvalue weighted by Crippen LogP contribution is -2.41. The molecule has 1 atom stereocenters. The van der Waals surface area contributed by atoms with Crippen LogP contribution in [0.1, 0.15) is 109 Å². The highest BCUT2D eigenvalue weighted by atomic mass is 19.1. The Labute approximate surface area is 248 Å². The zero-order valence-electron chi connectivity index (χ0n) is 26.8. The normalized spacial score (nSPS) is 16.7. The van der Waals surface area contributed by atoms with E-state index in [1.54, 1.807) is 48.5 Å². The Morgan fingerprint density at radius 3 is 1.98 bits per heavy atom. The number of benzene rings is 1. The average Bonchev–Trinajstić information content (AvgIpc) is 3.02. The molecule has 1 aromatic heterocycles. The smallest absolute Gasteiger partial charge is 0.496 e. The van der Waals surface area contributed by atoms with E-state index in [9.17, 15) is 14.0 Å². The van der Waals surface area contributed by atoms with Gasteiger partial charge in [-0.1, -0.05) is 0 Å². The van der Waals surface area contributed by atoms with Crippen LogP contribution in [-0.2, 0) is 18.8 Å². The molecule has 3 rings (SSSR count). The van der Waals surface area contributed by atoms with Crippen molar-refractivity contribution >= 4 is 24.5 Å². The fourth-order valence-electron chi connectivity index (χ4n) is 4.04. The molecule has 1 aromatic carbocycles. The molecule has 12 heteroatoms. The molecular weight excluding hydrogens is 546 g/mol. The van der Waals surface area contributed by atoms with E-state index in [2.05, 4.69) is 4.98 Å². The third-order valence-electron chi connectivity index (χ3n) is 6.69. The molecule has 3 N–H and O–H groups in total. The van der Waals surface area contributed by atoms with Crippen LogP contribution in [0.2, 0.25) is 0 Å². The molecule has 0 radical (unpaired) electrons. The monoisotopic (exact) mass is 590 g/mol. The summed E-state index contributed by atoms with van der Waals surface area (Å²) in [6.07, 6.45) is 0.430. The number of esters is 2. The second-order valence-corrected chi connectivity index (χ2v) is 13.0. The van der Waals surface area contributed by atoms with Gasteiger partial charge in [0.05, 0.1) is 18.3 Å². The fourth-order valence-corrected chi connectivity index (χ4v) is 4.04. The summed E-state index contributed by atoms with van der Waals surface area (Å²) < 4.78 is 49.8. The van der Waals surface area contributed by atoms with Crippen molar-refractivity contribution in [3.63, 3.8) is 0 Å². The number of halogens is 1.